The van der Waals surface area contributed by atoms with Crippen LogP contribution in [0.2, 0.25) is 0 Å². The molecule has 5 heteroatoms. The summed E-state index contributed by atoms with van der Waals surface area (Å²) in [5, 5.41) is 0. The first-order chi connectivity index (χ1) is 8.18. The molecule has 0 aromatic heterocycles. The van der Waals surface area contributed by atoms with Gasteiger partial charge < -0.3 is 9.47 Å². The van der Waals surface area contributed by atoms with Crippen LogP contribution in [0.4, 0.5) is 0 Å². The molecule has 2 atom stereocenters. The number of esters is 1. The van der Waals surface area contributed by atoms with Crippen molar-refractivity contribution in [1.82, 2.24) is 0 Å². The SMILES string of the molecule is O=C(OC1OCCCC1I)c1ccccc1I. The lowest BCUT2D eigenvalue weighted by atomic mass is 10.2. The molecule has 0 aliphatic carbocycles. The number of hydrogen-bond donors (Lipinski definition) is 0. The molecule has 0 bridgehead atoms. The molecular weight excluding hydrogens is 446 g/mol. The van der Waals surface area contributed by atoms with Crippen LogP contribution in [-0.4, -0.2) is 22.8 Å². The van der Waals surface area contributed by atoms with Crippen LogP contribution >= 0.6 is 45.2 Å². The molecule has 1 fully saturated rings. The molecule has 1 aliphatic heterocycles. The fourth-order valence-corrected chi connectivity index (χ4v) is 3.02. The minimum atomic E-state index is -0.409. The summed E-state index contributed by atoms with van der Waals surface area (Å²) in [5.74, 6) is -0.302. The topological polar surface area (TPSA) is 35.5 Å². The number of carbonyl (C=O) groups is 1. The Bertz CT molecular complexity index is 408. The van der Waals surface area contributed by atoms with Gasteiger partial charge in [-0.1, -0.05) is 34.7 Å². The third-order valence-corrected chi connectivity index (χ3v) is 4.67. The van der Waals surface area contributed by atoms with E-state index in [1.54, 1.807) is 6.07 Å². The monoisotopic (exact) mass is 458 g/mol. The number of benzene rings is 1. The largest absolute Gasteiger partial charge is 0.431 e. The quantitative estimate of drug-likeness (QED) is 0.388. The predicted molar refractivity (Wildman–Crippen MR) is 81.4 cm³/mol. The molecule has 17 heavy (non-hydrogen) atoms. The van der Waals surface area contributed by atoms with Crippen molar-refractivity contribution in [3.05, 3.63) is 33.4 Å². The molecule has 2 rings (SSSR count). The van der Waals surface area contributed by atoms with Crippen LogP contribution < -0.4 is 0 Å². The van der Waals surface area contributed by atoms with Gasteiger partial charge in [0.25, 0.3) is 0 Å². The lowest BCUT2D eigenvalue weighted by Crippen LogP contribution is -2.34. The number of carbonyl (C=O) groups excluding carboxylic acids is 1. The van der Waals surface area contributed by atoms with Gasteiger partial charge in [0.05, 0.1) is 16.1 Å². The van der Waals surface area contributed by atoms with E-state index in [0.29, 0.717) is 12.2 Å². The Morgan fingerprint density at radius 3 is 2.88 bits per heavy atom. The zero-order valence-corrected chi connectivity index (χ0v) is 13.4. The summed E-state index contributed by atoms with van der Waals surface area (Å²) < 4.78 is 12.0. The van der Waals surface area contributed by atoms with Gasteiger partial charge in [-0.05, 0) is 47.6 Å². The van der Waals surface area contributed by atoms with E-state index < -0.39 is 6.29 Å². The van der Waals surface area contributed by atoms with E-state index in [0.717, 1.165) is 16.4 Å². The van der Waals surface area contributed by atoms with Gasteiger partial charge in [0.15, 0.2) is 0 Å². The average molecular weight is 458 g/mol. The molecule has 0 amide bonds. The van der Waals surface area contributed by atoms with Crippen molar-refractivity contribution in [2.45, 2.75) is 23.1 Å². The summed E-state index contributed by atoms with van der Waals surface area (Å²) in [6.45, 7) is 0.670. The molecule has 2 unspecified atom stereocenters. The van der Waals surface area contributed by atoms with E-state index in [1.807, 2.05) is 18.2 Å². The van der Waals surface area contributed by atoms with Gasteiger partial charge in [-0.25, -0.2) is 4.79 Å². The van der Waals surface area contributed by atoms with Crippen LogP contribution in [0.3, 0.4) is 0 Å². The van der Waals surface area contributed by atoms with E-state index in [1.165, 1.54) is 0 Å². The van der Waals surface area contributed by atoms with Crippen molar-refractivity contribution < 1.29 is 14.3 Å². The summed E-state index contributed by atoms with van der Waals surface area (Å²) >= 11 is 4.41. The minimum absolute atomic E-state index is 0.242. The van der Waals surface area contributed by atoms with Crippen LogP contribution in [0.15, 0.2) is 24.3 Å². The molecule has 0 spiro atoms. The molecule has 0 radical (unpaired) electrons. The maximum Gasteiger partial charge on any atom is 0.341 e. The van der Waals surface area contributed by atoms with E-state index in [9.17, 15) is 4.79 Å². The fraction of sp³-hybridized carbons (Fsp3) is 0.417. The molecular formula is C12H12I2O3. The van der Waals surface area contributed by atoms with Crippen molar-refractivity contribution in [3.63, 3.8) is 0 Å². The minimum Gasteiger partial charge on any atom is -0.431 e. The normalized spacial score (nSPS) is 24.4. The Balaban J connectivity index is 2.04. The van der Waals surface area contributed by atoms with E-state index in [2.05, 4.69) is 45.2 Å². The number of rotatable bonds is 2. The Morgan fingerprint density at radius 2 is 2.18 bits per heavy atom. The first-order valence-electron chi connectivity index (χ1n) is 5.39. The second-order valence-corrected chi connectivity index (χ2v) is 6.54. The maximum atomic E-state index is 12.0. The molecule has 0 saturated carbocycles. The van der Waals surface area contributed by atoms with Gasteiger partial charge in [-0.2, -0.15) is 0 Å². The standard InChI is InChI=1S/C12H12I2O3/c13-9-5-2-1-4-8(9)11(15)17-12-10(14)6-3-7-16-12/h1-2,4-5,10,12H,3,6-7H2. The van der Waals surface area contributed by atoms with Gasteiger partial charge in [-0.15, -0.1) is 0 Å². The first-order valence-corrected chi connectivity index (χ1v) is 7.72. The molecule has 1 heterocycles. The summed E-state index contributed by atoms with van der Waals surface area (Å²) in [7, 11) is 0. The summed E-state index contributed by atoms with van der Waals surface area (Å²) in [6.07, 6.45) is 1.66. The van der Waals surface area contributed by atoms with Crippen molar-refractivity contribution in [3.8, 4) is 0 Å². The molecule has 0 N–H and O–H groups in total. The van der Waals surface area contributed by atoms with Crippen LogP contribution in [0, 0.1) is 3.57 Å². The molecule has 1 aromatic carbocycles. The molecule has 3 nitrogen and oxygen atoms in total. The maximum absolute atomic E-state index is 12.0. The fourth-order valence-electron chi connectivity index (χ4n) is 1.62. The number of halogens is 2. The Hall–Kier alpha value is 0.110. The van der Waals surface area contributed by atoms with Crippen LogP contribution in [-0.2, 0) is 9.47 Å². The number of hydrogen-bond acceptors (Lipinski definition) is 3. The Kier molecular flexibility index (Phi) is 5.04. The second-order valence-electron chi connectivity index (χ2n) is 3.78. The highest BCUT2D eigenvalue weighted by molar-refractivity contribution is 14.1. The zero-order valence-electron chi connectivity index (χ0n) is 9.07. The van der Waals surface area contributed by atoms with Crippen molar-refractivity contribution in [2.75, 3.05) is 6.61 Å². The van der Waals surface area contributed by atoms with Crippen molar-refractivity contribution >= 4 is 51.2 Å². The molecule has 92 valence electrons. The van der Waals surface area contributed by atoms with E-state index in [-0.39, 0.29) is 9.89 Å². The highest BCUT2D eigenvalue weighted by Gasteiger charge is 2.27. The number of ether oxygens (including phenoxy) is 2. The second kappa shape index (κ2) is 6.33. The van der Waals surface area contributed by atoms with E-state index in [4.69, 9.17) is 9.47 Å². The first kappa shape index (κ1) is 13.5. The summed E-state index contributed by atoms with van der Waals surface area (Å²) in [5.41, 5.74) is 0.603. The predicted octanol–water partition coefficient (Wildman–Crippen LogP) is 3.39. The lowest BCUT2D eigenvalue weighted by molar-refractivity contribution is -0.123. The third kappa shape index (κ3) is 3.54. The highest BCUT2D eigenvalue weighted by Crippen LogP contribution is 2.24. The van der Waals surface area contributed by atoms with Crippen LogP contribution in [0.25, 0.3) is 0 Å². The zero-order chi connectivity index (χ0) is 12.3. The lowest BCUT2D eigenvalue weighted by Gasteiger charge is -2.27. The third-order valence-electron chi connectivity index (χ3n) is 2.52. The van der Waals surface area contributed by atoms with Gasteiger partial charge in [0.2, 0.25) is 6.29 Å². The summed E-state index contributed by atoms with van der Waals surface area (Å²) in [4.78, 5) is 12.0. The van der Waals surface area contributed by atoms with Gasteiger partial charge in [-0.3, -0.25) is 0 Å². The van der Waals surface area contributed by atoms with Gasteiger partial charge in [0.1, 0.15) is 0 Å². The van der Waals surface area contributed by atoms with Gasteiger partial charge in [0, 0.05) is 3.57 Å². The van der Waals surface area contributed by atoms with E-state index >= 15 is 0 Å². The van der Waals surface area contributed by atoms with Crippen LogP contribution in [0.1, 0.15) is 23.2 Å². The van der Waals surface area contributed by atoms with Gasteiger partial charge >= 0.3 is 5.97 Å². The highest BCUT2D eigenvalue weighted by atomic mass is 127. The molecule has 1 saturated heterocycles. The summed E-state index contributed by atoms with van der Waals surface area (Å²) in [6, 6.07) is 7.40. The number of alkyl halides is 1. The molecule has 1 aliphatic rings. The Morgan fingerprint density at radius 1 is 1.41 bits per heavy atom. The van der Waals surface area contributed by atoms with Crippen LogP contribution in [0.5, 0.6) is 0 Å². The smallest absolute Gasteiger partial charge is 0.341 e. The Labute approximate surface area is 128 Å². The average Bonchev–Trinajstić information content (AvgIpc) is 2.32. The molecule has 1 aromatic rings. The van der Waals surface area contributed by atoms with Crippen molar-refractivity contribution in [1.29, 1.82) is 0 Å². The van der Waals surface area contributed by atoms with Crippen molar-refractivity contribution in [2.24, 2.45) is 0 Å².